The number of aromatic nitrogens is 2. The van der Waals surface area contributed by atoms with Crippen molar-refractivity contribution in [2.24, 2.45) is 0 Å². The first-order valence-corrected chi connectivity index (χ1v) is 8.29. The van der Waals surface area contributed by atoms with Crippen LogP contribution in [0.1, 0.15) is 31.7 Å². The molecule has 0 bridgehead atoms. The van der Waals surface area contributed by atoms with Gasteiger partial charge in [0.2, 0.25) is 0 Å². The molecule has 1 fully saturated rings. The Balaban J connectivity index is 2.22. The number of halogens is 1. The highest BCUT2D eigenvalue weighted by Crippen LogP contribution is 2.36. The Hall–Kier alpha value is 0.160. The molecule has 0 aromatic carbocycles. The van der Waals surface area contributed by atoms with Gasteiger partial charge in [-0.1, -0.05) is 11.6 Å². The Bertz CT molecular complexity index is 378. The predicted molar refractivity (Wildman–Crippen MR) is 76.2 cm³/mol. The quantitative estimate of drug-likeness (QED) is 0.929. The molecule has 2 heterocycles. The molecule has 17 heavy (non-hydrogen) atoms. The SMILES string of the molecule is CC(C)n1ncc(Cl)c1C(O)C1CSCCS1. The number of nitrogens with zero attached hydrogens (tertiary/aromatic N) is 2. The van der Waals surface area contributed by atoms with E-state index < -0.39 is 6.10 Å². The molecule has 1 N–H and O–H groups in total. The van der Waals surface area contributed by atoms with E-state index in [-0.39, 0.29) is 11.3 Å². The van der Waals surface area contributed by atoms with Gasteiger partial charge in [-0.05, 0) is 13.8 Å². The van der Waals surface area contributed by atoms with Crippen molar-refractivity contribution in [3.05, 3.63) is 16.9 Å². The van der Waals surface area contributed by atoms with Gasteiger partial charge < -0.3 is 5.11 Å². The van der Waals surface area contributed by atoms with Crippen LogP contribution in [-0.2, 0) is 0 Å². The van der Waals surface area contributed by atoms with E-state index in [1.807, 2.05) is 42.1 Å². The predicted octanol–water partition coefficient (Wildman–Crippen LogP) is 3.00. The van der Waals surface area contributed by atoms with Crippen molar-refractivity contribution in [3.8, 4) is 0 Å². The summed E-state index contributed by atoms with van der Waals surface area (Å²) in [4.78, 5) is 0. The van der Waals surface area contributed by atoms with Crippen molar-refractivity contribution in [2.75, 3.05) is 17.3 Å². The summed E-state index contributed by atoms with van der Waals surface area (Å²) in [7, 11) is 0. The fraction of sp³-hybridized carbons (Fsp3) is 0.727. The van der Waals surface area contributed by atoms with Gasteiger partial charge in [0.05, 0.1) is 16.9 Å². The highest BCUT2D eigenvalue weighted by Gasteiger charge is 2.29. The molecular formula is C11H17ClN2OS2. The third-order valence-electron chi connectivity index (χ3n) is 2.75. The lowest BCUT2D eigenvalue weighted by molar-refractivity contribution is 0.167. The first-order valence-electron chi connectivity index (χ1n) is 5.71. The second kappa shape index (κ2) is 5.87. The standard InChI is InChI=1S/C11H17ClN2OS2/c1-7(2)14-10(8(12)5-13-14)11(15)9-6-16-3-4-17-9/h5,7,9,11,15H,3-4,6H2,1-2H3. The van der Waals surface area contributed by atoms with Crippen molar-refractivity contribution < 1.29 is 5.11 Å². The van der Waals surface area contributed by atoms with Crippen molar-refractivity contribution in [2.45, 2.75) is 31.2 Å². The number of aliphatic hydroxyl groups excluding tert-OH is 1. The smallest absolute Gasteiger partial charge is 0.110 e. The second-order valence-electron chi connectivity index (χ2n) is 4.35. The topological polar surface area (TPSA) is 38.0 Å². The summed E-state index contributed by atoms with van der Waals surface area (Å²) in [5.41, 5.74) is 0.765. The Labute approximate surface area is 115 Å². The summed E-state index contributed by atoms with van der Waals surface area (Å²) in [5.74, 6) is 3.25. The maximum absolute atomic E-state index is 10.5. The van der Waals surface area contributed by atoms with Crippen molar-refractivity contribution >= 4 is 35.1 Å². The summed E-state index contributed by atoms with van der Waals surface area (Å²) >= 11 is 9.87. The first kappa shape index (κ1) is 13.6. The largest absolute Gasteiger partial charge is 0.386 e. The lowest BCUT2D eigenvalue weighted by Crippen LogP contribution is -2.25. The highest BCUT2D eigenvalue weighted by molar-refractivity contribution is 8.06. The van der Waals surface area contributed by atoms with E-state index in [1.54, 1.807) is 6.20 Å². The summed E-state index contributed by atoms with van der Waals surface area (Å²) < 4.78 is 1.83. The first-order chi connectivity index (χ1) is 8.11. The van der Waals surface area contributed by atoms with Gasteiger partial charge in [-0.2, -0.15) is 28.6 Å². The molecule has 2 atom stereocenters. The van der Waals surface area contributed by atoms with E-state index >= 15 is 0 Å². The zero-order valence-electron chi connectivity index (χ0n) is 9.97. The zero-order valence-corrected chi connectivity index (χ0v) is 12.4. The molecule has 1 aliphatic heterocycles. The molecule has 1 aromatic rings. The summed E-state index contributed by atoms with van der Waals surface area (Å²) in [5, 5.41) is 15.5. The molecule has 2 unspecified atom stereocenters. The van der Waals surface area contributed by atoms with E-state index in [9.17, 15) is 5.11 Å². The van der Waals surface area contributed by atoms with E-state index in [0.717, 1.165) is 17.2 Å². The van der Waals surface area contributed by atoms with Gasteiger partial charge in [0.1, 0.15) is 6.10 Å². The summed E-state index contributed by atoms with van der Waals surface area (Å²) in [6, 6.07) is 0.216. The molecule has 1 saturated heterocycles. The molecule has 2 rings (SSSR count). The molecule has 96 valence electrons. The van der Waals surface area contributed by atoms with Crippen LogP contribution in [0.15, 0.2) is 6.20 Å². The van der Waals surface area contributed by atoms with Crippen molar-refractivity contribution in [1.29, 1.82) is 0 Å². The molecule has 6 heteroatoms. The van der Waals surface area contributed by atoms with E-state index in [2.05, 4.69) is 5.10 Å². The Morgan fingerprint density at radius 3 is 2.88 bits per heavy atom. The van der Waals surface area contributed by atoms with Crippen LogP contribution in [-0.4, -0.2) is 37.4 Å². The molecule has 0 spiro atoms. The lowest BCUT2D eigenvalue weighted by Gasteiger charge is -2.27. The fourth-order valence-electron chi connectivity index (χ4n) is 1.90. The van der Waals surface area contributed by atoms with Gasteiger partial charge in [0.25, 0.3) is 0 Å². The number of rotatable bonds is 3. The van der Waals surface area contributed by atoms with Gasteiger partial charge in [-0.25, -0.2) is 0 Å². The molecule has 0 amide bonds. The number of hydrogen-bond donors (Lipinski definition) is 1. The molecule has 0 saturated carbocycles. The minimum Gasteiger partial charge on any atom is -0.386 e. The van der Waals surface area contributed by atoms with Crippen LogP contribution in [0.25, 0.3) is 0 Å². The molecule has 1 aromatic heterocycles. The molecule has 0 aliphatic carbocycles. The molecule has 3 nitrogen and oxygen atoms in total. The van der Waals surface area contributed by atoms with Crippen LogP contribution in [0.5, 0.6) is 0 Å². The van der Waals surface area contributed by atoms with Crippen LogP contribution in [0.4, 0.5) is 0 Å². The minimum atomic E-state index is -0.523. The third-order valence-corrected chi connectivity index (χ3v) is 5.89. The van der Waals surface area contributed by atoms with E-state index in [4.69, 9.17) is 11.6 Å². The Kier molecular flexibility index (Phi) is 4.69. The molecule has 0 radical (unpaired) electrons. The van der Waals surface area contributed by atoms with Crippen LogP contribution >= 0.6 is 35.1 Å². The number of thioether (sulfide) groups is 2. The van der Waals surface area contributed by atoms with Crippen LogP contribution in [0.3, 0.4) is 0 Å². The normalized spacial score (nSPS) is 23.0. The van der Waals surface area contributed by atoms with Gasteiger partial charge in [-0.3, -0.25) is 4.68 Å². The van der Waals surface area contributed by atoms with Gasteiger partial charge >= 0.3 is 0 Å². The Morgan fingerprint density at radius 1 is 1.53 bits per heavy atom. The lowest BCUT2D eigenvalue weighted by atomic mass is 10.2. The Morgan fingerprint density at radius 2 is 2.29 bits per heavy atom. The van der Waals surface area contributed by atoms with Gasteiger partial charge in [0, 0.05) is 28.6 Å². The van der Waals surface area contributed by atoms with E-state index in [0.29, 0.717) is 5.02 Å². The monoisotopic (exact) mass is 292 g/mol. The summed E-state index contributed by atoms with van der Waals surface area (Å²) in [6.07, 6.45) is 1.10. The van der Waals surface area contributed by atoms with Crippen LogP contribution in [0.2, 0.25) is 5.02 Å². The minimum absolute atomic E-state index is 0.216. The third kappa shape index (κ3) is 2.95. The zero-order chi connectivity index (χ0) is 12.4. The fourth-order valence-corrected chi connectivity index (χ4v) is 4.87. The molecule has 1 aliphatic rings. The van der Waals surface area contributed by atoms with Gasteiger partial charge in [0.15, 0.2) is 0 Å². The number of aliphatic hydroxyl groups is 1. The molecular weight excluding hydrogens is 276 g/mol. The average Bonchev–Trinajstić information content (AvgIpc) is 2.71. The van der Waals surface area contributed by atoms with Crippen molar-refractivity contribution in [3.63, 3.8) is 0 Å². The van der Waals surface area contributed by atoms with Gasteiger partial charge in [-0.15, -0.1) is 0 Å². The number of hydrogen-bond acceptors (Lipinski definition) is 4. The van der Waals surface area contributed by atoms with Crippen LogP contribution in [0, 0.1) is 0 Å². The van der Waals surface area contributed by atoms with E-state index in [1.165, 1.54) is 5.75 Å². The van der Waals surface area contributed by atoms with Crippen LogP contribution < -0.4 is 0 Å². The maximum Gasteiger partial charge on any atom is 0.110 e. The van der Waals surface area contributed by atoms with Crippen molar-refractivity contribution in [1.82, 2.24) is 9.78 Å². The maximum atomic E-state index is 10.5. The second-order valence-corrected chi connectivity index (χ2v) is 7.25. The average molecular weight is 293 g/mol. The highest BCUT2D eigenvalue weighted by atomic mass is 35.5. The summed E-state index contributed by atoms with van der Waals surface area (Å²) in [6.45, 7) is 4.09.